The number of carbonyl (C=O) groups is 4. The zero-order valence-corrected chi connectivity index (χ0v) is 23.6. The molecule has 1 saturated heterocycles. The molecule has 2 fully saturated rings. The highest BCUT2D eigenvalue weighted by atomic mass is 19.4. The Morgan fingerprint density at radius 1 is 1.20 bits per heavy atom. The highest BCUT2D eigenvalue weighted by Crippen LogP contribution is 2.48. The van der Waals surface area contributed by atoms with Crippen LogP contribution < -0.4 is 15.0 Å². The summed E-state index contributed by atoms with van der Waals surface area (Å²) >= 11 is 0. The van der Waals surface area contributed by atoms with Crippen molar-refractivity contribution in [2.24, 2.45) is 0 Å². The van der Waals surface area contributed by atoms with Crippen molar-refractivity contribution in [2.45, 2.75) is 89.6 Å². The summed E-state index contributed by atoms with van der Waals surface area (Å²) in [6.07, 6.45) is -2.85. The largest absolute Gasteiger partial charge is 0.475 e. The van der Waals surface area contributed by atoms with Gasteiger partial charge in [-0.3, -0.25) is 14.4 Å². The number of halogens is 3. The zero-order valence-electron chi connectivity index (χ0n) is 23.6. The fraction of sp³-hybridized carbons (Fsp3) is 0.643. The quantitative estimate of drug-likeness (QED) is 0.496. The standard InChI is InChI=1S/C28H37F3N4O6/c1-4-23(36)32-11-13-34-21-14-19(24(37)35(17(2)3)18-8-7-12-33(16-18)26(39)40)20(28(29,30)31)15-22(21)41-27(25(34)38)9-5-6-10-27/h14-15,17-18H,4-13,16H2,1-3H3,(H,32,36)(H,39,40)/t18-/m1/s1. The van der Waals surface area contributed by atoms with Gasteiger partial charge in [0, 0.05) is 38.6 Å². The van der Waals surface area contributed by atoms with Gasteiger partial charge in [-0.2, -0.15) is 13.2 Å². The average Bonchev–Trinajstić information content (AvgIpc) is 3.38. The van der Waals surface area contributed by atoms with Crippen LogP contribution in [0.1, 0.15) is 81.6 Å². The minimum atomic E-state index is -4.91. The molecule has 10 nitrogen and oxygen atoms in total. The molecule has 13 heteroatoms. The number of piperidine rings is 1. The molecule has 41 heavy (non-hydrogen) atoms. The normalized spacial score (nSPS) is 20.2. The van der Waals surface area contributed by atoms with Gasteiger partial charge in [-0.1, -0.05) is 6.92 Å². The minimum Gasteiger partial charge on any atom is -0.475 e. The maximum atomic E-state index is 14.5. The van der Waals surface area contributed by atoms with Crippen molar-refractivity contribution >= 4 is 29.5 Å². The van der Waals surface area contributed by atoms with E-state index in [1.807, 2.05) is 0 Å². The van der Waals surface area contributed by atoms with Crippen LogP contribution in [0, 0.1) is 0 Å². The van der Waals surface area contributed by atoms with Crippen LogP contribution in [0.25, 0.3) is 0 Å². The fourth-order valence-electron chi connectivity index (χ4n) is 6.11. The first-order valence-electron chi connectivity index (χ1n) is 14.1. The smallest absolute Gasteiger partial charge is 0.417 e. The molecule has 2 N–H and O–H groups in total. The molecular formula is C28H37F3N4O6. The summed E-state index contributed by atoms with van der Waals surface area (Å²) < 4.78 is 49.5. The van der Waals surface area contributed by atoms with Crippen LogP contribution >= 0.6 is 0 Å². The Morgan fingerprint density at radius 2 is 1.88 bits per heavy atom. The first kappa shape index (κ1) is 30.4. The molecule has 4 amide bonds. The number of carbonyl (C=O) groups excluding carboxylic acids is 3. The number of alkyl halides is 3. The molecule has 1 aromatic rings. The molecule has 1 aromatic carbocycles. The van der Waals surface area contributed by atoms with E-state index in [1.54, 1.807) is 20.8 Å². The predicted molar refractivity (Wildman–Crippen MR) is 143 cm³/mol. The van der Waals surface area contributed by atoms with E-state index in [-0.39, 0.29) is 49.9 Å². The molecule has 1 atom stereocenters. The van der Waals surface area contributed by atoms with E-state index >= 15 is 0 Å². The molecule has 3 aliphatic rings. The van der Waals surface area contributed by atoms with Crippen molar-refractivity contribution in [2.75, 3.05) is 31.1 Å². The molecule has 0 bridgehead atoms. The van der Waals surface area contributed by atoms with Crippen LogP contribution in [0.3, 0.4) is 0 Å². The number of rotatable bonds is 7. The molecule has 2 heterocycles. The van der Waals surface area contributed by atoms with Gasteiger partial charge in [0.05, 0.1) is 22.9 Å². The first-order chi connectivity index (χ1) is 19.3. The molecule has 0 unspecified atom stereocenters. The summed E-state index contributed by atoms with van der Waals surface area (Å²) in [6.45, 7) is 5.35. The number of hydrogen-bond acceptors (Lipinski definition) is 5. The van der Waals surface area contributed by atoms with Gasteiger partial charge in [-0.05, 0) is 64.5 Å². The van der Waals surface area contributed by atoms with E-state index in [2.05, 4.69) is 5.32 Å². The number of anilines is 1. The number of amides is 4. The van der Waals surface area contributed by atoms with E-state index in [0.717, 1.165) is 17.0 Å². The predicted octanol–water partition coefficient (Wildman–Crippen LogP) is 4.26. The summed E-state index contributed by atoms with van der Waals surface area (Å²) in [4.78, 5) is 54.9. The molecule has 0 aromatic heterocycles. The van der Waals surface area contributed by atoms with Gasteiger partial charge < -0.3 is 29.9 Å². The number of benzene rings is 1. The van der Waals surface area contributed by atoms with E-state index in [9.17, 15) is 37.5 Å². The molecule has 4 rings (SSSR count). The zero-order chi connectivity index (χ0) is 30.1. The lowest BCUT2D eigenvalue weighted by atomic mass is 9.94. The Bertz CT molecular complexity index is 1200. The Balaban J connectivity index is 1.79. The van der Waals surface area contributed by atoms with Gasteiger partial charge in [0.1, 0.15) is 5.75 Å². The third kappa shape index (κ3) is 6.08. The van der Waals surface area contributed by atoms with Gasteiger partial charge in [0.25, 0.3) is 11.8 Å². The second-order valence-corrected chi connectivity index (χ2v) is 11.2. The maximum absolute atomic E-state index is 14.5. The van der Waals surface area contributed by atoms with Crippen molar-refractivity contribution in [1.29, 1.82) is 0 Å². The van der Waals surface area contributed by atoms with E-state index in [1.165, 1.54) is 9.80 Å². The van der Waals surface area contributed by atoms with E-state index in [0.29, 0.717) is 38.5 Å². The fourth-order valence-corrected chi connectivity index (χ4v) is 6.11. The second kappa shape index (κ2) is 11.8. The van der Waals surface area contributed by atoms with Gasteiger partial charge in [-0.15, -0.1) is 0 Å². The Labute approximate surface area is 236 Å². The van der Waals surface area contributed by atoms with E-state index in [4.69, 9.17) is 4.74 Å². The number of nitrogens with zero attached hydrogens (tertiary/aromatic N) is 3. The molecule has 1 saturated carbocycles. The molecule has 226 valence electrons. The second-order valence-electron chi connectivity index (χ2n) is 11.2. The summed E-state index contributed by atoms with van der Waals surface area (Å²) in [5, 5.41) is 12.2. The van der Waals surface area contributed by atoms with Crippen LogP contribution in [0.5, 0.6) is 5.75 Å². The van der Waals surface area contributed by atoms with Crippen LogP contribution in [-0.2, 0) is 15.8 Å². The summed E-state index contributed by atoms with van der Waals surface area (Å²) in [5.74, 6) is -1.68. The number of fused-ring (bicyclic) bond motifs is 1. The molecule has 1 aliphatic carbocycles. The summed E-state index contributed by atoms with van der Waals surface area (Å²) in [5.41, 5.74) is -3.07. The van der Waals surface area contributed by atoms with Crippen molar-refractivity contribution in [1.82, 2.24) is 15.1 Å². The van der Waals surface area contributed by atoms with Crippen LogP contribution in [-0.4, -0.2) is 82.6 Å². The SMILES string of the molecule is CCC(=O)NCCN1C(=O)C2(CCCC2)Oc2cc(C(F)(F)F)c(C(=O)N(C(C)C)[C@@H]3CCCN(C(=O)O)C3)cc21. The lowest BCUT2D eigenvalue weighted by Crippen LogP contribution is -2.56. The number of ether oxygens (including phenoxy) is 1. The molecule has 2 aliphatic heterocycles. The van der Waals surface area contributed by atoms with Crippen molar-refractivity contribution in [3.05, 3.63) is 23.3 Å². The number of hydrogen-bond donors (Lipinski definition) is 2. The van der Waals surface area contributed by atoms with Gasteiger partial charge in [0.15, 0.2) is 5.60 Å². The number of carboxylic acid groups (broad SMARTS) is 1. The average molecular weight is 583 g/mol. The highest BCUT2D eigenvalue weighted by Gasteiger charge is 2.51. The minimum absolute atomic E-state index is 0.00816. The molecular weight excluding hydrogens is 545 g/mol. The molecule has 0 radical (unpaired) electrons. The van der Waals surface area contributed by atoms with Gasteiger partial charge in [0.2, 0.25) is 5.91 Å². The topological polar surface area (TPSA) is 119 Å². The Hall–Kier alpha value is -3.51. The summed E-state index contributed by atoms with van der Waals surface area (Å²) in [7, 11) is 0. The third-order valence-corrected chi connectivity index (χ3v) is 8.11. The van der Waals surface area contributed by atoms with Crippen molar-refractivity contribution < 1.29 is 42.2 Å². The van der Waals surface area contributed by atoms with Crippen molar-refractivity contribution in [3.8, 4) is 5.75 Å². The van der Waals surface area contributed by atoms with Crippen molar-refractivity contribution in [3.63, 3.8) is 0 Å². The Kier molecular flexibility index (Phi) is 8.74. The van der Waals surface area contributed by atoms with Gasteiger partial charge in [-0.25, -0.2) is 4.79 Å². The van der Waals surface area contributed by atoms with E-state index < -0.39 is 52.9 Å². The van der Waals surface area contributed by atoms with Crippen LogP contribution in [0.2, 0.25) is 0 Å². The highest BCUT2D eigenvalue weighted by molar-refractivity contribution is 6.05. The first-order valence-corrected chi connectivity index (χ1v) is 14.1. The number of nitrogens with one attached hydrogen (secondary N) is 1. The van der Waals surface area contributed by atoms with Crippen LogP contribution in [0.4, 0.5) is 23.7 Å². The number of likely N-dealkylation sites (tertiary alicyclic amines) is 1. The van der Waals surface area contributed by atoms with Crippen LogP contribution in [0.15, 0.2) is 12.1 Å². The van der Waals surface area contributed by atoms with Gasteiger partial charge >= 0.3 is 12.3 Å². The summed E-state index contributed by atoms with van der Waals surface area (Å²) in [6, 6.07) is 0.716. The monoisotopic (exact) mass is 582 g/mol. The lowest BCUT2D eigenvalue weighted by molar-refractivity contribution is -0.138. The Morgan fingerprint density at radius 3 is 2.46 bits per heavy atom. The lowest BCUT2D eigenvalue weighted by Gasteiger charge is -2.42. The maximum Gasteiger partial charge on any atom is 0.417 e. The third-order valence-electron chi connectivity index (χ3n) is 8.11. The molecule has 1 spiro atoms.